The van der Waals surface area contributed by atoms with Gasteiger partial charge in [0.15, 0.2) is 0 Å². The second kappa shape index (κ2) is 7.64. The van der Waals surface area contributed by atoms with Crippen LogP contribution >= 0.6 is 12.4 Å². The van der Waals surface area contributed by atoms with Crippen LogP contribution in [0, 0.1) is 5.82 Å². The lowest BCUT2D eigenvalue weighted by molar-refractivity contribution is -0.138. The summed E-state index contributed by atoms with van der Waals surface area (Å²) in [6.07, 6.45) is -5.37. The number of alkyl halides is 3. The molecule has 1 saturated heterocycles. The van der Waals surface area contributed by atoms with E-state index in [2.05, 4.69) is 5.32 Å². The zero-order valence-corrected chi connectivity index (χ0v) is 12.3. The number of carbonyl (C=O) groups is 1. The number of halogens is 5. The summed E-state index contributed by atoms with van der Waals surface area (Å²) in [5.74, 6) is -0.987. The van der Waals surface area contributed by atoms with E-state index in [4.69, 9.17) is 4.74 Å². The largest absolute Gasteiger partial charge is 0.445 e. The highest BCUT2D eigenvalue weighted by atomic mass is 35.5. The quantitative estimate of drug-likeness (QED) is 0.840. The summed E-state index contributed by atoms with van der Waals surface area (Å²) < 4.78 is 56.2. The van der Waals surface area contributed by atoms with Crippen molar-refractivity contribution < 1.29 is 27.1 Å². The van der Waals surface area contributed by atoms with Gasteiger partial charge in [-0.2, -0.15) is 13.2 Å². The molecule has 124 valence electrons. The molecule has 0 radical (unpaired) electrons. The minimum atomic E-state index is -4.70. The highest BCUT2D eigenvalue weighted by Crippen LogP contribution is 2.32. The average molecular weight is 343 g/mol. The fourth-order valence-electron chi connectivity index (χ4n) is 2.02. The highest BCUT2D eigenvalue weighted by molar-refractivity contribution is 5.85. The summed E-state index contributed by atoms with van der Waals surface area (Å²) in [6, 6.07) is 2.28. The van der Waals surface area contributed by atoms with Gasteiger partial charge in [-0.3, -0.25) is 0 Å². The smallest absolute Gasteiger partial charge is 0.416 e. The average Bonchev–Trinajstić information content (AvgIpc) is 2.45. The lowest BCUT2D eigenvalue weighted by Gasteiger charge is -2.26. The number of ether oxygens (including phenoxy) is 1. The molecule has 1 aliphatic heterocycles. The molecule has 22 heavy (non-hydrogen) atoms. The summed E-state index contributed by atoms with van der Waals surface area (Å²) >= 11 is 0. The summed E-state index contributed by atoms with van der Waals surface area (Å²) in [6.45, 7) is 1.56. The maximum Gasteiger partial charge on any atom is 0.416 e. The van der Waals surface area contributed by atoms with E-state index < -0.39 is 30.3 Å². The fraction of sp³-hybridized carbons (Fsp3) is 0.462. The van der Waals surface area contributed by atoms with Gasteiger partial charge < -0.3 is 15.0 Å². The predicted molar refractivity (Wildman–Crippen MR) is 73.3 cm³/mol. The van der Waals surface area contributed by atoms with E-state index in [1.807, 2.05) is 0 Å². The van der Waals surface area contributed by atoms with Gasteiger partial charge in [0, 0.05) is 31.7 Å². The molecule has 0 atom stereocenters. The number of amides is 1. The summed E-state index contributed by atoms with van der Waals surface area (Å²) in [5, 5.41) is 3.04. The first kappa shape index (κ1) is 18.5. The Morgan fingerprint density at radius 1 is 1.27 bits per heavy atom. The lowest BCUT2D eigenvalue weighted by Crippen LogP contribution is -2.46. The molecular formula is C13H15ClF4N2O2. The van der Waals surface area contributed by atoms with Crippen LogP contribution in [0.2, 0.25) is 0 Å². The first-order valence-corrected chi connectivity index (χ1v) is 6.36. The first-order chi connectivity index (χ1) is 9.88. The Labute approximate surface area is 130 Å². The number of benzene rings is 1. The van der Waals surface area contributed by atoms with E-state index in [1.54, 1.807) is 0 Å². The van der Waals surface area contributed by atoms with Gasteiger partial charge >= 0.3 is 12.3 Å². The summed E-state index contributed by atoms with van der Waals surface area (Å²) in [4.78, 5) is 13.1. The standard InChI is InChI=1S/C13H14F4N2O2.ClH/c14-10-2-1-9(11(7-10)13(15,16)17)8-21-12(20)19-5-3-18-4-6-19;/h1-2,7,18H,3-6,8H2;1H. The van der Waals surface area contributed by atoms with Crippen molar-refractivity contribution in [3.05, 3.63) is 35.1 Å². The van der Waals surface area contributed by atoms with Crippen molar-refractivity contribution in [2.75, 3.05) is 26.2 Å². The minimum absolute atomic E-state index is 0. The molecule has 1 amide bonds. The van der Waals surface area contributed by atoms with Crippen molar-refractivity contribution in [1.82, 2.24) is 10.2 Å². The zero-order valence-electron chi connectivity index (χ0n) is 11.5. The molecule has 1 aromatic carbocycles. The Morgan fingerprint density at radius 3 is 2.50 bits per heavy atom. The van der Waals surface area contributed by atoms with E-state index in [0.717, 1.165) is 12.1 Å². The molecular weight excluding hydrogens is 328 g/mol. The summed E-state index contributed by atoms with van der Waals surface area (Å²) in [7, 11) is 0. The Bertz CT molecular complexity index is 519. The number of nitrogens with one attached hydrogen (secondary N) is 1. The Kier molecular flexibility index (Phi) is 6.43. The van der Waals surface area contributed by atoms with E-state index in [0.29, 0.717) is 32.2 Å². The Hall–Kier alpha value is -1.54. The lowest BCUT2D eigenvalue weighted by atomic mass is 10.1. The fourth-order valence-corrected chi connectivity index (χ4v) is 2.02. The molecule has 9 heteroatoms. The third-order valence-electron chi connectivity index (χ3n) is 3.10. The van der Waals surface area contributed by atoms with E-state index in [9.17, 15) is 22.4 Å². The van der Waals surface area contributed by atoms with Crippen LogP contribution < -0.4 is 5.32 Å². The van der Waals surface area contributed by atoms with Crippen molar-refractivity contribution in [1.29, 1.82) is 0 Å². The topological polar surface area (TPSA) is 41.6 Å². The third-order valence-corrected chi connectivity index (χ3v) is 3.10. The van der Waals surface area contributed by atoms with Gasteiger partial charge in [0.05, 0.1) is 5.56 Å². The first-order valence-electron chi connectivity index (χ1n) is 6.36. The maximum atomic E-state index is 12.9. The van der Waals surface area contributed by atoms with Crippen LogP contribution in [0.5, 0.6) is 0 Å². The van der Waals surface area contributed by atoms with Gasteiger partial charge in [-0.05, 0) is 12.1 Å². The molecule has 0 saturated carbocycles. The van der Waals surface area contributed by atoms with E-state index >= 15 is 0 Å². The van der Waals surface area contributed by atoms with Crippen molar-refractivity contribution in [2.24, 2.45) is 0 Å². The number of rotatable bonds is 2. The maximum absolute atomic E-state index is 12.9. The predicted octanol–water partition coefficient (Wildman–Crippen LogP) is 2.81. The molecule has 2 rings (SSSR count). The second-order valence-corrected chi connectivity index (χ2v) is 4.59. The van der Waals surface area contributed by atoms with Crippen LogP contribution in [0.15, 0.2) is 18.2 Å². The van der Waals surface area contributed by atoms with Crippen molar-refractivity contribution in [3.63, 3.8) is 0 Å². The SMILES string of the molecule is Cl.O=C(OCc1ccc(F)cc1C(F)(F)F)N1CCNCC1. The zero-order chi connectivity index (χ0) is 15.5. The molecule has 0 bridgehead atoms. The van der Waals surface area contributed by atoms with Gasteiger partial charge in [0.25, 0.3) is 0 Å². The van der Waals surface area contributed by atoms with Crippen molar-refractivity contribution >= 4 is 18.5 Å². The van der Waals surface area contributed by atoms with Crippen LogP contribution in [-0.2, 0) is 17.5 Å². The molecule has 4 nitrogen and oxygen atoms in total. The summed E-state index contributed by atoms with van der Waals surface area (Å²) in [5.41, 5.74) is -1.40. The number of hydrogen-bond donors (Lipinski definition) is 1. The normalized spacial score (nSPS) is 15.2. The number of carbonyl (C=O) groups excluding carboxylic acids is 1. The molecule has 1 heterocycles. The van der Waals surface area contributed by atoms with E-state index in [-0.39, 0.29) is 18.0 Å². The van der Waals surface area contributed by atoms with Gasteiger partial charge in [-0.15, -0.1) is 12.4 Å². The minimum Gasteiger partial charge on any atom is -0.445 e. The molecule has 0 spiro atoms. The second-order valence-electron chi connectivity index (χ2n) is 4.59. The van der Waals surface area contributed by atoms with Crippen LogP contribution in [0.4, 0.5) is 22.4 Å². The van der Waals surface area contributed by atoms with Crippen molar-refractivity contribution in [2.45, 2.75) is 12.8 Å². The molecule has 1 fully saturated rings. The number of nitrogens with zero attached hydrogens (tertiary/aromatic N) is 1. The number of hydrogen-bond acceptors (Lipinski definition) is 3. The van der Waals surface area contributed by atoms with Crippen LogP contribution in [0.25, 0.3) is 0 Å². The highest BCUT2D eigenvalue weighted by Gasteiger charge is 2.34. The van der Waals surface area contributed by atoms with Crippen LogP contribution in [0.3, 0.4) is 0 Å². The monoisotopic (exact) mass is 342 g/mol. The Morgan fingerprint density at radius 2 is 1.91 bits per heavy atom. The third kappa shape index (κ3) is 4.74. The van der Waals surface area contributed by atoms with Gasteiger partial charge in [0.1, 0.15) is 12.4 Å². The van der Waals surface area contributed by atoms with Crippen LogP contribution in [0.1, 0.15) is 11.1 Å². The number of piperazine rings is 1. The molecule has 0 unspecified atom stereocenters. The molecule has 1 N–H and O–H groups in total. The van der Waals surface area contributed by atoms with Gasteiger partial charge in [-0.25, -0.2) is 9.18 Å². The van der Waals surface area contributed by atoms with E-state index in [1.165, 1.54) is 4.90 Å². The molecule has 0 aliphatic carbocycles. The van der Waals surface area contributed by atoms with Crippen molar-refractivity contribution in [3.8, 4) is 0 Å². The molecule has 0 aromatic heterocycles. The van der Waals surface area contributed by atoms with Gasteiger partial charge in [0.2, 0.25) is 0 Å². The van der Waals surface area contributed by atoms with Crippen LogP contribution in [-0.4, -0.2) is 37.2 Å². The molecule has 1 aliphatic rings. The molecule has 1 aromatic rings. The Balaban J connectivity index is 0.00000242. The van der Waals surface area contributed by atoms with Gasteiger partial charge in [-0.1, -0.05) is 6.07 Å².